The van der Waals surface area contributed by atoms with Crippen LogP contribution < -0.4 is 4.74 Å². The van der Waals surface area contributed by atoms with E-state index in [4.69, 9.17) is 4.74 Å². The van der Waals surface area contributed by atoms with E-state index < -0.39 is 0 Å². The van der Waals surface area contributed by atoms with Crippen molar-refractivity contribution in [2.75, 3.05) is 7.11 Å². The van der Waals surface area contributed by atoms with Gasteiger partial charge in [-0.25, -0.2) is 0 Å². The molecule has 0 amide bonds. The summed E-state index contributed by atoms with van der Waals surface area (Å²) in [7, 11) is 1.75. The van der Waals surface area contributed by atoms with Crippen molar-refractivity contribution in [3.8, 4) is 5.75 Å². The normalized spacial score (nSPS) is 29.0. The fourth-order valence-electron chi connectivity index (χ4n) is 5.36. The van der Waals surface area contributed by atoms with E-state index in [1.807, 2.05) is 0 Å². The zero-order valence-corrected chi connectivity index (χ0v) is 13.2. The molecule has 2 aromatic carbocycles. The Hall–Kier alpha value is -1.76. The quantitative estimate of drug-likeness (QED) is 0.659. The number of methoxy groups -OCH3 is 1. The van der Waals surface area contributed by atoms with Crippen LogP contribution in [0, 0.1) is 5.92 Å². The molecule has 3 aliphatic carbocycles. The average molecular weight is 290 g/mol. The molecular formula is C21H22O. The number of hydrogen-bond donors (Lipinski definition) is 0. The monoisotopic (exact) mass is 290 g/mol. The molecule has 1 fully saturated rings. The highest BCUT2D eigenvalue weighted by Crippen LogP contribution is 2.59. The molecule has 0 radical (unpaired) electrons. The van der Waals surface area contributed by atoms with E-state index in [1.165, 1.54) is 49.3 Å². The molecular weight excluding hydrogens is 268 g/mol. The van der Waals surface area contributed by atoms with Crippen molar-refractivity contribution in [3.05, 3.63) is 53.1 Å². The van der Waals surface area contributed by atoms with Crippen LogP contribution in [-0.2, 0) is 11.8 Å². The molecule has 1 saturated carbocycles. The minimum absolute atomic E-state index is 0.464. The first-order chi connectivity index (χ1) is 10.8. The number of aryl methyl sites for hydroxylation is 1. The van der Waals surface area contributed by atoms with Gasteiger partial charge in [0.25, 0.3) is 0 Å². The van der Waals surface area contributed by atoms with E-state index in [2.05, 4.69) is 36.4 Å². The van der Waals surface area contributed by atoms with E-state index in [1.54, 1.807) is 23.8 Å². The Morgan fingerprint density at radius 3 is 2.86 bits per heavy atom. The van der Waals surface area contributed by atoms with E-state index >= 15 is 0 Å². The lowest BCUT2D eigenvalue weighted by molar-refractivity contribution is 0.270. The topological polar surface area (TPSA) is 9.23 Å². The van der Waals surface area contributed by atoms with Gasteiger partial charge >= 0.3 is 0 Å². The van der Waals surface area contributed by atoms with Crippen LogP contribution in [0.4, 0.5) is 0 Å². The second-order valence-electron chi connectivity index (χ2n) is 7.41. The molecule has 1 heteroatoms. The molecule has 2 aromatic rings. The Balaban J connectivity index is 1.71. The van der Waals surface area contributed by atoms with Crippen LogP contribution in [0.1, 0.15) is 43.2 Å². The molecule has 0 saturated heterocycles. The number of benzene rings is 2. The van der Waals surface area contributed by atoms with Gasteiger partial charge in [0.2, 0.25) is 0 Å². The highest BCUT2D eigenvalue weighted by Gasteiger charge is 2.49. The summed E-state index contributed by atoms with van der Waals surface area (Å²) in [4.78, 5) is 0. The van der Waals surface area contributed by atoms with E-state index in [0.29, 0.717) is 5.41 Å². The van der Waals surface area contributed by atoms with Crippen molar-refractivity contribution >= 4 is 10.8 Å². The van der Waals surface area contributed by atoms with Crippen molar-refractivity contribution < 1.29 is 4.74 Å². The minimum atomic E-state index is 0.464. The van der Waals surface area contributed by atoms with Gasteiger partial charge in [0.05, 0.1) is 7.11 Å². The van der Waals surface area contributed by atoms with Gasteiger partial charge < -0.3 is 4.74 Å². The van der Waals surface area contributed by atoms with E-state index in [-0.39, 0.29) is 0 Å². The summed E-state index contributed by atoms with van der Waals surface area (Å²) in [5, 5.41) is 2.70. The van der Waals surface area contributed by atoms with Crippen molar-refractivity contribution in [3.63, 3.8) is 0 Å². The standard InChI is InChI=1S/C21H22O/c1-22-19-7-5-15-12-20-16(10-17(15)11-19)3-2-8-21(20)13-14-4-6-18(21)9-14/h4-5,7,10-12,18H,2-3,6,8-9,13H2,1H3. The predicted molar refractivity (Wildman–Crippen MR) is 90.5 cm³/mol. The molecule has 0 aromatic heterocycles. The third-order valence-electron chi connectivity index (χ3n) is 6.40. The van der Waals surface area contributed by atoms with Crippen LogP contribution >= 0.6 is 0 Å². The van der Waals surface area contributed by atoms with Gasteiger partial charge in [-0.2, -0.15) is 0 Å². The lowest BCUT2D eigenvalue weighted by Crippen LogP contribution is -2.35. The first-order valence-corrected chi connectivity index (χ1v) is 8.57. The van der Waals surface area contributed by atoms with Gasteiger partial charge in [0.1, 0.15) is 5.75 Å². The van der Waals surface area contributed by atoms with Crippen LogP contribution in [0.15, 0.2) is 42.0 Å². The first kappa shape index (κ1) is 12.8. The number of ether oxygens (including phenoxy) is 1. The fourth-order valence-corrected chi connectivity index (χ4v) is 5.36. The second kappa shape index (κ2) is 4.38. The van der Waals surface area contributed by atoms with Gasteiger partial charge in [0.15, 0.2) is 0 Å². The molecule has 3 aliphatic rings. The Morgan fingerprint density at radius 1 is 1.14 bits per heavy atom. The van der Waals surface area contributed by atoms with Crippen LogP contribution in [0.25, 0.3) is 10.8 Å². The molecule has 0 N–H and O–H groups in total. The molecule has 5 rings (SSSR count). The smallest absolute Gasteiger partial charge is 0.119 e. The molecule has 22 heavy (non-hydrogen) atoms. The summed E-state index contributed by atoms with van der Waals surface area (Å²) >= 11 is 0. The Labute approximate surface area is 132 Å². The average Bonchev–Trinajstić information content (AvgIpc) is 3.14. The third-order valence-corrected chi connectivity index (χ3v) is 6.40. The number of allylic oxidation sites excluding steroid dienone is 2. The maximum atomic E-state index is 5.39. The highest BCUT2D eigenvalue weighted by atomic mass is 16.5. The summed E-state index contributed by atoms with van der Waals surface area (Å²) in [6.07, 6.45) is 10.5. The van der Waals surface area contributed by atoms with E-state index in [9.17, 15) is 0 Å². The van der Waals surface area contributed by atoms with Crippen molar-refractivity contribution in [2.24, 2.45) is 5.92 Å². The minimum Gasteiger partial charge on any atom is -0.497 e. The maximum absolute atomic E-state index is 5.39. The Morgan fingerprint density at radius 2 is 2.09 bits per heavy atom. The number of fused-ring (bicyclic) bond motifs is 6. The summed E-state index contributed by atoms with van der Waals surface area (Å²) in [5.74, 6) is 1.83. The molecule has 2 bridgehead atoms. The van der Waals surface area contributed by atoms with Crippen LogP contribution in [-0.4, -0.2) is 7.11 Å². The summed E-state index contributed by atoms with van der Waals surface area (Å²) in [6.45, 7) is 0. The largest absolute Gasteiger partial charge is 0.497 e. The predicted octanol–water partition coefficient (Wildman–Crippen LogP) is 5.16. The van der Waals surface area contributed by atoms with Gasteiger partial charge in [0, 0.05) is 5.41 Å². The molecule has 0 heterocycles. The SMILES string of the molecule is COc1ccc2cc3c(cc2c1)CCCC31CC2=CCC1C2. The maximum Gasteiger partial charge on any atom is 0.119 e. The van der Waals surface area contributed by atoms with Gasteiger partial charge in [-0.15, -0.1) is 0 Å². The zero-order valence-electron chi connectivity index (χ0n) is 13.2. The lowest BCUT2D eigenvalue weighted by atomic mass is 9.62. The van der Waals surface area contributed by atoms with E-state index in [0.717, 1.165) is 11.7 Å². The molecule has 0 aliphatic heterocycles. The Bertz CT molecular complexity index is 801. The first-order valence-electron chi connectivity index (χ1n) is 8.57. The highest BCUT2D eigenvalue weighted by molar-refractivity contribution is 5.86. The number of hydrogen-bond acceptors (Lipinski definition) is 1. The molecule has 1 spiro atoms. The second-order valence-corrected chi connectivity index (χ2v) is 7.41. The van der Waals surface area contributed by atoms with Crippen molar-refractivity contribution in [2.45, 2.75) is 43.9 Å². The Kier molecular flexibility index (Phi) is 2.54. The fraction of sp³-hybridized carbons (Fsp3) is 0.429. The molecule has 1 nitrogen and oxygen atoms in total. The van der Waals surface area contributed by atoms with Crippen molar-refractivity contribution in [1.82, 2.24) is 0 Å². The van der Waals surface area contributed by atoms with Gasteiger partial charge in [-0.3, -0.25) is 0 Å². The van der Waals surface area contributed by atoms with Crippen LogP contribution in [0.2, 0.25) is 0 Å². The third kappa shape index (κ3) is 1.60. The van der Waals surface area contributed by atoms with Crippen LogP contribution in [0.5, 0.6) is 5.75 Å². The van der Waals surface area contributed by atoms with Crippen molar-refractivity contribution in [1.29, 1.82) is 0 Å². The number of rotatable bonds is 1. The lowest BCUT2D eigenvalue weighted by Gasteiger charge is -2.41. The molecule has 2 unspecified atom stereocenters. The summed E-state index contributed by atoms with van der Waals surface area (Å²) in [5.41, 5.74) is 5.46. The summed E-state index contributed by atoms with van der Waals surface area (Å²) in [6, 6.07) is 11.4. The van der Waals surface area contributed by atoms with Crippen LogP contribution in [0.3, 0.4) is 0 Å². The van der Waals surface area contributed by atoms with Gasteiger partial charge in [-0.05, 0) is 78.5 Å². The zero-order chi connectivity index (χ0) is 14.7. The molecule has 2 atom stereocenters. The summed E-state index contributed by atoms with van der Waals surface area (Å²) < 4.78 is 5.39. The van der Waals surface area contributed by atoms with Gasteiger partial charge in [-0.1, -0.05) is 29.8 Å². The molecule has 112 valence electrons.